The number of amides is 1. The molecule has 8 unspecified atom stereocenters. The molecular weight excluding hydrogens is 544 g/mol. The number of Topliss-reactive ketones (excluding diaryl/α,β-unsaturated/α-hetero) is 4. The first-order valence-electron chi connectivity index (χ1n) is 14.4. The smallest absolute Gasteiger partial charge is 0.309 e. The summed E-state index contributed by atoms with van der Waals surface area (Å²) in [6, 6.07) is 2.01. The molecule has 1 aromatic carbocycles. The van der Waals surface area contributed by atoms with Crippen molar-refractivity contribution in [3.05, 3.63) is 28.8 Å². The molecule has 5 rings (SSSR count). The summed E-state index contributed by atoms with van der Waals surface area (Å²) in [5, 5.41) is 23.4. The zero-order valence-corrected chi connectivity index (χ0v) is 24.7. The molecule has 3 fully saturated rings. The van der Waals surface area contributed by atoms with Crippen molar-refractivity contribution in [2.24, 2.45) is 35.3 Å². The number of aromatic hydroxyl groups is 1. The molecule has 0 radical (unpaired) electrons. The van der Waals surface area contributed by atoms with E-state index in [9.17, 15) is 39.0 Å². The third-order valence-electron chi connectivity index (χ3n) is 9.96. The lowest BCUT2D eigenvalue weighted by atomic mass is 9.49. The molecular formula is C31H38N2O9. The normalized spacial score (nSPS) is 34.8. The summed E-state index contributed by atoms with van der Waals surface area (Å²) >= 11 is 0. The van der Waals surface area contributed by atoms with Gasteiger partial charge >= 0.3 is 5.97 Å². The fourth-order valence-corrected chi connectivity index (χ4v) is 7.59. The van der Waals surface area contributed by atoms with E-state index in [4.69, 9.17) is 10.5 Å². The Morgan fingerprint density at radius 3 is 2.19 bits per heavy atom. The number of benzene rings is 1. The average molecular weight is 583 g/mol. The van der Waals surface area contributed by atoms with E-state index in [1.54, 1.807) is 19.1 Å². The summed E-state index contributed by atoms with van der Waals surface area (Å²) < 4.78 is 6.05. The zero-order valence-electron chi connectivity index (χ0n) is 24.7. The largest absolute Gasteiger partial charge is 0.507 e. The number of esters is 1. The van der Waals surface area contributed by atoms with Crippen LogP contribution >= 0.6 is 0 Å². The number of aliphatic hydroxyl groups is 1. The number of fused-ring (bicyclic) bond motifs is 3. The molecule has 0 bridgehead atoms. The highest BCUT2D eigenvalue weighted by atomic mass is 16.5. The fraction of sp³-hybridized carbons (Fsp3) is 0.613. The number of hydrogen-bond acceptors (Lipinski definition) is 10. The van der Waals surface area contributed by atoms with Crippen molar-refractivity contribution >= 4 is 35.0 Å². The van der Waals surface area contributed by atoms with Gasteiger partial charge < -0.3 is 20.7 Å². The first kappa shape index (κ1) is 30.0. The molecule has 4 N–H and O–H groups in total. The van der Waals surface area contributed by atoms with Gasteiger partial charge in [0.1, 0.15) is 11.9 Å². The number of carbonyl (C=O) groups is 6. The molecule has 0 aliphatic heterocycles. The van der Waals surface area contributed by atoms with Gasteiger partial charge in [0.25, 0.3) is 0 Å². The Labute approximate surface area is 243 Å². The number of likely N-dealkylation sites (N-methyl/N-ethyl adjacent to an activating group) is 1. The molecule has 11 nitrogen and oxygen atoms in total. The van der Waals surface area contributed by atoms with Crippen molar-refractivity contribution in [2.45, 2.75) is 76.0 Å². The van der Waals surface area contributed by atoms with E-state index in [2.05, 4.69) is 0 Å². The fourth-order valence-electron chi connectivity index (χ4n) is 7.59. The highest BCUT2D eigenvalue weighted by Gasteiger charge is 2.74. The van der Waals surface area contributed by atoms with E-state index in [0.29, 0.717) is 24.0 Å². The van der Waals surface area contributed by atoms with Crippen molar-refractivity contribution in [3.63, 3.8) is 0 Å². The second kappa shape index (κ2) is 9.80. The number of phenols is 1. The van der Waals surface area contributed by atoms with Gasteiger partial charge in [-0.15, -0.1) is 0 Å². The van der Waals surface area contributed by atoms with Gasteiger partial charge in [-0.1, -0.05) is 46.2 Å². The van der Waals surface area contributed by atoms with E-state index >= 15 is 0 Å². The maximum atomic E-state index is 14.4. The Morgan fingerprint density at radius 2 is 1.69 bits per heavy atom. The monoisotopic (exact) mass is 582 g/mol. The topological polar surface area (TPSA) is 181 Å². The zero-order chi connectivity index (χ0) is 31.2. The minimum atomic E-state index is -3.03. The van der Waals surface area contributed by atoms with Crippen LogP contribution in [-0.4, -0.2) is 82.0 Å². The third kappa shape index (κ3) is 4.00. The lowest BCUT2D eigenvalue weighted by Crippen LogP contribution is -2.78. The number of phenolic OH excluding ortho intramolecular Hbond substituents is 1. The molecule has 4 aliphatic carbocycles. The number of nitrogens with zero attached hydrogens (tertiary/aromatic N) is 1. The molecule has 0 aromatic heterocycles. The van der Waals surface area contributed by atoms with E-state index in [-0.39, 0.29) is 11.3 Å². The van der Waals surface area contributed by atoms with E-state index in [0.717, 1.165) is 6.42 Å². The number of hydrogen-bond donors (Lipinski definition) is 3. The maximum absolute atomic E-state index is 14.4. The Kier molecular flexibility index (Phi) is 7.01. The molecule has 11 heteroatoms. The van der Waals surface area contributed by atoms with E-state index in [1.807, 2.05) is 20.8 Å². The highest BCUT2D eigenvalue weighted by Crippen LogP contribution is 2.56. The number of primary amides is 1. The lowest BCUT2D eigenvalue weighted by molar-refractivity contribution is -0.208. The van der Waals surface area contributed by atoms with Gasteiger partial charge in [0.05, 0.1) is 29.4 Å². The molecule has 0 spiro atoms. The summed E-state index contributed by atoms with van der Waals surface area (Å²) in [4.78, 5) is 83.0. The Bertz CT molecular complexity index is 1420. The number of nitrogens with two attached hydrogens (primary N) is 1. The van der Waals surface area contributed by atoms with Gasteiger partial charge in [0.15, 0.2) is 34.7 Å². The van der Waals surface area contributed by atoms with Gasteiger partial charge in [-0.2, -0.15) is 0 Å². The summed E-state index contributed by atoms with van der Waals surface area (Å²) in [6.45, 7) is 7.29. The van der Waals surface area contributed by atoms with Crippen molar-refractivity contribution < 1.29 is 43.7 Å². The van der Waals surface area contributed by atoms with Crippen LogP contribution in [-0.2, 0) is 34.1 Å². The Morgan fingerprint density at radius 1 is 1.07 bits per heavy atom. The SMILES string of the molecule is CC1c2ccc(C(C)(C)C)c(O)c2C(=O)C2C(=O)C3(O)C(=O)C(C(N)=O)C(=O)C(N(C)C)C3C(OC(=O)C3CCC3)C21. The standard InChI is InChI=1S/C31H38N2O9/c1-12-14-10-11-15(30(2,3)4)22(34)17(14)23(35)18-16(12)25(42-29(40)13-8-7-9-13)20-21(33(5)6)24(36)19(28(32)39)27(38)31(20,41)26(18)37/h10-13,16,18-21,25,34,41H,7-9H2,1-6H3,(H2,32,39). The van der Waals surface area contributed by atoms with Crippen LogP contribution < -0.4 is 5.73 Å². The van der Waals surface area contributed by atoms with Gasteiger partial charge in [-0.25, -0.2) is 0 Å². The minimum Gasteiger partial charge on any atom is -0.507 e. The number of ether oxygens (including phenoxy) is 1. The summed E-state index contributed by atoms with van der Waals surface area (Å²) in [5.74, 6) is -14.2. The summed E-state index contributed by atoms with van der Waals surface area (Å²) in [5.41, 5.74) is 2.65. The first-order chi connectivity index (χ1) is 19.5. The van der Waals surface area contributed by atoms with Crippen LogP contribution in [0.15, 0.2) is 12.1 Å². The van der Waals surface area contributed by atoms with Crippen LogP contribution in [0.5, 0.6) is 5.75 Å². The lowest BCUT2D eigenvalue weighted by Gasteiger charge is -2.56. The van der Waals surface area contributed by atoms with Crippen molar-refractivity contribution in [1.82, 2.24) is 4.90 Å². The van der Waals surface area contributed by atoms with Crippen molar-refractivity contribution in [2.75, 3.05) is 14.1 Å². The number of ketones is 4. The average Bonchev–Trinajstić information content (AvgIpc) is 2.83. The molecule has 0 heterocycles. The van der Waals surface area contributed by atoms with Crippen molar-refractivity contribution in [3.8, 4) is 5.75 Å². The molecule has 226 valence electrons. The molecule has 1 aromatic rings. The predicted octanol–water partition coefficient (Wildman–Crippen LogP) is 1.05. The molecule has 8 atom stereocenters. The van der Waals surface area contributed by atoms with Crippen LogP contribution in [0.2, 0.25) is 0 Å². The van der Waals surface area contributed by atoms with Gasteiger partial charge in [0, 0.05) is 5.92 Å². The van der Waals surface area contributed by atoms with E-state index < -0.39 is 93.7 Å². The molecule has 0 saturated heterocycles. The van der Waals surface area contributed by atoms with Crippen LogP contribution in [0.1, 0.15) is 74.4 Å². The van der Waals surface area contributed by atoms with Crippen LogP contribution in [0.3, 0.4) is 0 Å². The van der Waals surface area contributed by atoms with Crippen LogP contribution in [0.4, 0.5) is 0 Å². The second-order valence-electron chi connectivity index (χ2n) is 13.6. The summed E-state index contributed by atoms with van der Waals surface area (Å²) in [6.07, 6.45) is 0.550. The first-order valence-corrected chi connectivity index (χ1v) is 14.4. The molecule has 42 heavy (non-hydrogen) atoms. The van der Waals surface area contributed by atoms with Gasteiger partial charge in [-0.05, 0) is 49.4 Å². The summed E-state index contributed by atoms with van der Waals surface area (Å²) in [7, 11) is 2.96. The molecule has 3 saturated carbocycles. The Hall–Kier alpha value is -3.44. The second-order valence-corrected chi connectivity index (χ2v) is 13.6. The third-order valence-corrected chi connectivity index (χ3v) is 9.96. The number of rotatable bonds is 4. The quantitative estimate of drug-likeness (QED) is 0.343. The highest BCUT2D eigenvalue weighted by molar-refractivity contribution is 6.32. The minimum absolute atomic E-state index is 0.0920. The van der Waals surface area contributed by atoms with Crippen LogP contribution in [0.25, 0.3) is 0 Å². The number of carbonyl (C=O) groups excluding carboxylic acids is 6. The van der Waals surface area contributed by atoms with Gasteiger partial charge in [0.2, 0.25) is 5.91 Å². The predicted molar refractivity (Wildman–Crippen MR) is 147 cm³/mol. The van der Waals surface area contributed by atoms with Crippen LogP contribution in [0, 0.1) is 29.6 Å². The maximum Gasteiger partial charge on any atom is 0.309 e. The molecule has 4 aliphatic rings. The Balaban J connectivity index is 1.76. The molecule has 1 amide bonds. The van der Waals surface area contributed by atoms with Crippen molar-refractivity contribution in [1.29, 1.82) is 0 Å². The van der Waals surface area contributed by atoms with E-state index in [1.165, 1.54) is 19.0 Å². The van der Waals surface area contributed by atoms with Gasteiger partial charge in [-0.3, -0.25) is 33.7 Å².